The molecule has 8 heteroatoms. The van der Waals surface area contributed by atoms with Crippen molar-refractivity contribution in [2.24, 2.45) is 5.10 Å². The van der Waals surface area contributed by atoms with Gasteiger partial charge in [0.05, 0.1) is 5.69 Å². The van der Waals surface area contributed by atoms with Crippen LogP contribution in [0.1, 0.15) is 30.3 Å². The molecule has 0 atom stereocenters. The maximum atomic E-state index is 12.4. The first-order valence-electron chi connectivity index (χ1n) is 7.67. The Kier molecular flexibility index (Phi) is 4.66. The monoisotopic (exact) mass is 343 g/mol. The quantitative estimate of drug-likeness (QED) is 0.924. The molecule has 0 unspecified atom stereocenters. The number of carbonyl (C=O) groups is 2. The SMILES string of the molecule is CCc1nnc(NC(=O)C2=NN(c3cccc(C)c3)C(=O)CC2)s1. The molecule has 1 N–H and O–H groups in total. The van der Waals surface area contributed by atoms with Crippen molar-refractivity contribution in [1.82, 2.24) is 10.2 Å². The molecule has 1 aromatic carbocycles. The number of anilines is 2. The van der Waals surface area contributed by atoms with Gasteiger partial charge in [-0.1, -0.05) is 30.4 Å². The Hall–Kier alpha value is -2.61. The van der Waals surface area contributed by atoms with Gasteiger partial charge in [0, 0.05) is 12.8 Å². The van der Waals surface area contributed by atoms with Crippen molar-refractivity contribution < 1.29 is 9.59 Å². The summed E-state index contributed by atoms with van der Waals surface area (Å²) in [6, 6.07) is 7.46. The van der Waals surface area contributed by atoms with Crippen molar-refractivity contribution in [1.29, 1.82) is 0 Å². The summed E-state index contributed by atoms with van der Waals surface area (Å²) >= 11 is 1.34. The molecule has 2 amide bonds. The predicted molar refractivity (Wildman–Crippen MR) is 93.3 cm³/mol. The second-order valence-electron chi connectivity index (χ2n) is 5.40. The lowest BCUT2D eigenvalue weighted by atomic mass is 10.1. The van der Waals surface area contributed by atoms with E-state index in [1.165, 1.54) is 16.3 Å². The molecule has 1 aliphatic heterocycles. The lowest BCUT2D eigenvalue weighted by Gasteiger charge is -2.23. The molecule has 0 bridgehead atoms. The number of benzene rings is 1. The highest BCUT2D eigenvalue weighted by atomic mass is 32.1. The standard InChI is InChI=1S/C16H17N5O2S/c1-3-13-18-19-16(24-13)17-15(23)12-7-8-14(22)21(20-12)11-6-4-5-10(2)9-11/h4-6,9H,3,7-8H2,1-2H3,(H,17,19,23). The van der Waals surface area contributed by atoms with Gasteiger partial charge in [0.25, 0.3) is 5.91 Å². The molecule has 7 nitrogen and oxygen atoms in total. The Bertz CT molecular complexity index is 814. The Balaban J connectivity index is 1.80. The van der Waals surface area contributed by atoms with E-state index in [0.717, 1.165) is 17.0 Å². The molecule has 1 aliphatic rings. The summed E-state index contributed by atoms with van der Waals surface area (Å²) in [5.74, 6) is -0.472. The summed E-state index contributed by atoms with van der Waals surface area (Å²) in [6.45, 7) is 3.92. The van der Waals surface area contributed by atoms with Crippen LogP contribution in [0.2, 0.25) is 0 Å². The number of carbonyl (C=O) groups excluding carboxylic acids is 2. The Morgan fingerprint density at radius 2 is 2.17 bits per heavy atom. The fourth-order valence-corrected chi connectivity index (χ4v) is 2.97. The van der Waals surface area contributed by atoms with Gasteiger partial charge >= 0.3 is 0 Å². The van der Waals surface area contributed by atoms with Gasteiger partial charge < -0.3 is 0 Å². The zero-order valence-corrected chi connectivity index (χ0v) is 14.3. The van der Waals surface area contributed by atoms with Crippen LogP contribution in [-0.4, -0.2) is 27.7 Å². The molecule has 0 aliphatic carbocycles. The molecule has 0 saturated carbocycles. The van der Waals surface area contributed by atoms with Gasteiger partial charge in [-0.3, -0.25) is 14.9 Å². The van der Waals surface area contributed by atoms with E-state index in [0.29, 0.717) is 23.0 Å². The molecular weight excluding hydrogens is 326 g/mol. The van der Waals surface area contributed by atoms with Crippen molar-refractivity contribution in [2.75, 3.05) is 10.3 Å². The molecule has 2 heterocycles. The Morgan fingerprint density at radius 1 is 1.33 bits per heavy atom. The van der Waals surface area contributed by atoms with E-state index in [-0.39, 0.29) is 18.2 Å². The van der Waals surface area contributed by atoms with Crippen molar-refractivity contribution in [3.63, 3.8) is 0 Å². The average molecular weight is 343 g/mol. The first-order chi connectivity index (χ1) is 11.6. The lowest BCUT2D eigenvalue weighted by molar-refractivity contribution is -0.118. The normalized spacial score (nSPS) is 14.5. The van der Waals surface area contributed by atoms with Crippen LogP contribution < -0.4 is 10.3 Å². The smallest absolute Gasteiger partial charge is 0.273 e. The first-order valence-corrected chi connectivity index (χ1v) is 8.49. The first kappa shape index (κ1) is 16.3. The molecule has 24 heavy (non-hydrogen) atoms. The summed E-state index contributed by atoms with van der Waals surface area (Å²) < 4.78 is 0. The highest BCUT2D eigenvalue weighted by Crippen LogP contribution is 2.22. The van der Waals surface area contributed by atoms with Gasteiger partial charge in [0.1, 0.15) is 10.7 Å². The third-order valence-corrected chi connectivity index (χ3v) is 4.51. The fourth-order valence-electron chi connectivity index (χ4n) is 2.29. The highest BCUT2D eigenvalue weighted by Gasteiger charge is 2.26. The predicted octanol–water partition coefficient (Wildman–Crippen LogP) is 2.53. The van der Waals surface area contributed by atoms with E-state index < -0.39 is 0 Å². The minimum Gasteiger partial charge on any atom is -0.295 e. The molecular formula is C16H17N5O2S. The molecule has 0 saturated heterocycles. The van der Waals surface area contributed by atoms with Gasteiger partial charge in [-0.15, -0.1) is 10.2 Å². The third kappa shape index (κ3) is 3.48. The number of aryl methyl sites for hydroxylation is 2. The lowest BCUT2D eigenvalue weighted by Crippen LogP contribution is -2.36. The largest absolute Gasteiger partial charge is 0.295 e. The minimum atomic E-state index is -0.348. The van der Waals surface area contributed by atoms with Crippen LogP contribution >= 0.6 is 11.3 Å². The molecule has 3 rings (SSSR count). The van der Waals surface area contributed by atoms with Crippen LogP contribution in [0.5, 0.6) is 0 Å². The molecule has 2 aromatic rings. The number of nitrogens with one attached hydrogen (secondary N) is 1. The van der Waals surface area contributed by atoms with Crippen LogP contribution in [0.4, 0.5) is 10.8 Å². The Morgan fingerprint density at radius 3 is 2.88 bits per heavy atom. The van der Waals surface area contributed by atoms with E-state index in [1.807, 2.05) is 32.0 Å². The molecule has 0 spiro atoms. The third-order valence-electron chi connectivity index (χ3n) is 3.53. The molecule has 0 fully saturated rings. The molecule has 124 valence electrons. The van der Waals surface area contributed by atoms with E-state index in [9.17, 15) is 9.59 Å². The zero-order chi connectivity index (χ0) is 17.1. The van der Waals surface area contributed by atoms with Crippen LogP contribution in [0.15, 0.2) is 29.4 Å². The maximum absolute atomic E-state index is 12.4. The van der Waals surface area contributed by atoms with Gasteiger partial charge in [0.15, 0.2) is 0 Å². The molecule has 0 radical (unpaired) electrons. The van der Waals surface area contributed by atoms with Gasteiger partial charge in [-0.05, 0) is 31.0 Å². The van der Waals surface area contributed by atoms with Gasteiger partial charge in [-0.2, -0.15) is 5.10 Å². The van der Waals surface area contributed by atoms with Crippen LogP contribution in [0, 0.1) is 6.92 Å². The number of aromatic nitrogens is 2. The van der Waals surface area contributed by atoms with Gasteiger partial charge in [0.2, 0.25) is 11.0 Å². The van der Waals surface area contributed by atoms with Crippen molar-refractivity contribution in [2.45, 2.75) is 33.1 Å². The van der Waals surface area contributed by atoms with Crippen molar-refractivity contribution in [3.8, 4) is 0 Å². The number of hydrogen-bond donors (Lipinski definition) is 1. The molecule has 1 aromatic heterocycles. The van der Waals surface area contributed by atoms with Gasteiger partial charge in [-0.25, -0.2) is 5.01 Å². The second-order valence-corrected chi connectivity index (χ2v) is 6.46. The topological polar surface area (TPSA) is 87.6 Å². The minimum absolute atomic E-state index is 0.124. The van der Waals surface area contributed by atoms with E-state index in [4.69, 9.17) is 0 Å². The summed E-state index contributed by atoms with van der Waals surface area (Å²) in [5.41, 5.74) is 1.99. The maximum Gasteiger partial charge on any atom is 0.273 e. The Labute approximate surface area is 143 Å². The van der Waals surface area contributed by atoms with E-state index in [2.05, 4.69) is 20.6 Å². The number of nitrogens with zero attached hydrogens (tertiary/aromatic N) is 4. The second kappa shape index (κ2) is 6.88. The summed E-state index contributed by atoms with van der Waals surface area (Å²) in [6.07, 6.45) is 1.33. The van der Waals surface area contributed by atoms with E-state index in [1.54, 1.807) is 6.07 Å². The van der Waals surface area contributed by atoms with Crippen LogP contribution in [-0.2, 0) is 16.0 Å². The highest BCUT2D eigenvalue weighted by molar-refractivity contribution is 7.15. The zero-order valence-electron chi connectivity index (χ0n) is 13.4. The summed E-state index contributed by atoms with van der Waals surface area (Å²) in [5, 5.41) is 17.4. The number of hydrazone groups is 1. The summed E-state index contributed by atoms with van der Waals surface area (Å²) in [4.78, 5) is 24.5. The van der Waals surface area contributed by atoms with E-state index >= 15 is 0 Å². The summed E-state index contributed by atoms with van der Waals surface area (Å²) in [7, 11) is 0. The van der Waals surface area contributed by atoms with Crippen LogP contribution in [0.3, 0.4) is 0 Å². The van der Waals surface area contributed by atoms with Crippen molar-refractivity contribution in [3.05, 3.63) is 34.8 Å². The number of rotatable bonds is 4. The number of amides is 2. The fraction of sp³-hybridized carbons (Fsp3) is 0.312. The van der Waals surface area contributed by atoms with Crippen LogP contribution in [0.25, 0.3) is 0 Å². The average Bonchev–Trinajstić information content (AvgIpc) is 3.02. The van der Waals surface area contributed by atoms with Crippen molar-refractivity contribution >= 4 is 39.7 Å². The number of hydrogen-bond acceptors (Lipinski definition) is 6.